The van der Waals surface area contributed by atoms with Crippen molar-refractivity contribution in [3.8, 4) is 0 Å². The molecule has 0 amide bonds. The van der Waals surface area contributed by atoms with Crippen molar-refractivity contribution in [1.82, 2.24) is 4.90 Å². The van der Waals surface area contributed by atoms with Crippen molar-refractivity contribution in [3.05, 3.63) is 71.8 Å². The average molecular weight is 297 g/mol. The molecule has 0 aromatic heterocycles. The summed E-state index contributed by atoms with van der Waals surface area (Å²) < 4.78 is 0. The molecule has 1 aliphatic rings. The highest BCUT2D eigenvalue weighted by Gasteiger charge is 2.42. The average Bonchev–Trinajstić information content (AvgIpc) is 2.52. The Morgan fingerprint density at radius 3 is 2.27 bits per heavy atom. The smallest absolute Gasteiger partial charge is 0.100 e. The first-order valence-corrected chi connectivity index (χ1v) is 7.79. The van der Waals surface area contributed by atoms with E-state index in [4.69, 9.17) is 0 Å². The number of piperidine rings is 1. The topological polar surface area (TPSA) is 43.7 Å². The summed E-state index contributed by atoms with van der Waals surface area (Å²) in [5.41, 5.74) is 1.34. The Labute approximate surface area is 131 Å². The minimum Gasteiger partial charge on any atom is -0.390 e. The van der Waals surface area contributed by atoms with Crippen LogP contribution in [-0.2, 0) is 6.54 Å². The van der Waals surface area contributed by atoms with Gasteiger partial charge in [-0.05, 0) is 24.5 Å². The molecule has 3 atom stereocenters. The molecule has 116 valence electrons. The minimum atomic E-state index is -1.07. The maximum Gasteiger partial charge on any atom is 0.100 e. The summed E-state index contributed by atoms with van der Waals surface area (Å²) in [7, 11) is 0. The lowest BCUT2D eigenvalue weighted by Crippen LogP contribution is -2.55. The van der Waals surface area contributed by atoms with Crippen molar-refractivity contribution in [1.29, 1.82) is 0 Å². The van der Waals surface area contributed by atoms with E-state index >= 15 is 0 Å². The quantitative estimate of drug-likeness (QED) is 0.915. The van der Waals surface area contributed by atoms with E-state index in [0.29, 0.717) is 13.0 Å². The van der Waals surface area contributed by atoms with Gasteiger partial charge in [0.15, 0.2) is 0 Å². The molecule has 3 rings (SSSR count). The lowest BCUT2D eigenvalue weighted by molar-refractivity contribution is -0.129. The van der Waals surface area contributed by atoms with E-state index in [1.54, 1.807) is 6.92 Å². The Hall–Kier alpha value is -1.68. The van der Waals surface area contributed by atoms with Crippen LogP contribution in [0.3, 0.4) is 0 Å². The predicted octanol–water partition coefficient (Wildman–Crippen LogP) is 2.75. The fourth-order valence-electron chi connectivity index (χ4n) is 3.25. The van der Waals surface area contributed by atoms with Crippen LogP contribution in [0.2, 0.25) is 0 Å². The second-order valence-corrected chi connectivity index (χ2v) is 6.43. The van der Waals surface area contributed by atoms with Crippen molar-refractivity contribution in [2.24, 2.45) is 0 Å². The molecule has 0 bridgehead atoms. The Bertz CT molecular complexity index is 597. The van der Waals surface area contributed by atoms with E-state index in [1.807, 2.05) is 36.4 Å². The molecule has 22 heavy (non-hydrogen) atoms. The second kappa shape index (κ2) is 6.21. The third kappa shape index (κ3) is 3.22. The largest absolute Gasteiger partial charge is 0.390 e. The maximum absolute atomic E-state index is 10.5. The van der Waals surface area contributed by atoms with Gasteiger partial charge in [-0.1, -0.05) is 60.7 Å². The Balaban J connectivity index is 1.88. The highest BCUT2D eigenvalue weighted by molar-refractivity contribution is 5.22. The molecule has 2 aromatic rings. The van der Waals surface area contributed by atoms with Crippen LogP contribution in [0.5, 0.6) is 0 Å². The molecule has 0 radical (unpaired) electrons. The van der Waals surface area contributed by atoms with Crippen molar-refractivity contribution < 1.29 is 10.2 Å². The number of likely N-dealkylation sites (tertiary alicyclic amines) is 1. The van der Waals surface area contributed by atoms with Crippen molar-refractivity contribution in [2.75, 3.05) is 6.54 Å². The molecule has 1 fully saturated rings. The molecular weight excluding hydrogens is 274 g/mol. The summed E-state index contributed by atoms with van der Waals surface area (Å²) in [5, 5.41) is 20.7. The van der Waals surface area contributed by atoms with Gasteiger partial charge in [-0.15, -0.1) is 0 Å². The number of β-amino-alcohol motifs (C(OH)–C–C–N with tert-alkyl or cyclic N) is 1. The first-order valence-electron chi connectivity index (χ1n) is 7.79. The van der Waals surface area contributed by atoms with Crippen LogP contribution in [0.4, 0.5) is 0 Å². The molecule has 0 unspecified atom stereocenters. The van der Waals surface area contributed by atoms with Gasteiger partial charge in [0.25, 0.3) is 0 Å². The second-order valence-electron chi connectivity index (χ2n) is 6.43. The van der Waals surface area contributed by atoms with Crippen LogP contribution in [0.1, 0.15) is 30.5 Å². The van der Waals surface area contributed by atoms with Gasteiger partial charge in [-0.2, -0.15) is 0 Å². The summed E-state index contributed by atoms with van der Waals surface area (Å²) in [5.74, 6) is 0. The zero-order valence-electron chi connectivity index (χ0n) is 12.9. The number of hydrogen-bond donors (Lipinski definition) is 2. The van der Waals surface area contributed by atoms with Gasteiger partial charge in [0.2, 0.25) is 0 Å². The maximum atomic E-state index is 10.5. The zero-order chi connectivity index (χ0) is 15.6. The molecule has 1 saturated heterocycles. The van der Waals surface area contributed by atoms with E-state index < -0.39 is 11.7 Å². The van der Waals surface area contributed by atoms with E-state index in [9.17, 15) is 10.2 Å². The lowest BCUT2D eigenvalue weighted by atomic mass is 9.84. The molecule has 1 aliphatic heterocycles. The first-order chi connectivity index (χ1) is 10.6. The number of rotatable bonds is 3. The van der Waals surface area contributed by atoms with Gasteiger partial charge in [-0.25, -0.2) is 0 Å². The van der Waals surface area contributed by atoms with E-state index in [-0.39, 0.29) is 6.04 Å². The molecule has 3 heteroatoms. The van der Waals surface area contributed by atoms with Crippen LogP contribution < -0.4 is 0 Å². The van der Waals surface area contributed by atoms with E-state index in [2.05, 4.69) is 29.2 Å². The van der Waals surface area contributed by atoms with Crippen LogP contribution in [-0.4, -0.2) is 33.4 Å². The third-order valence-corrected chi connectivity index (χ3v) is 4.54. The number of aliphatic hydroxyl groups is 2. The number of benzene rings is 2. The molecule has 0 aliphatic carbocycles. The molecular formula is C19H23NO2. The third-order valence-electron chi connectivity index (χ3n) is 4.54. The predicted molar refractivity (Wildman–Crippen MR) is 87.3 cm³/mol. The van der Waals surface area contributed by atoms with E-state index in [1.165, 1.54) is 11.1 Å². The normalized spacial score (nSPS) is 29.4. The van der Waals surface area contributed by atoms with Crippen molar-refractivity contribution in [2.45, 2.75) is 37.6 Å². The van der Waals surface area contributed by atoms with Crippen molar-refractivity contribution in [3.63, 3.8) is 0 Å². The molecule has 2 aromatic carbocycles. The van der Waals surface area contributed by atoms with Gasteiger partial charge >= 0.3 is 0 Å². The van der Waals surface area contributed by atoms with Crippen LogP contribution in [0.15, 0.2) is 60.7 Å². The van der Waals surface area contributed by atoms with Crippen LogP contribution in [0, 0.1) is 0 Å². The summed E-state index contributed by atoms with van der Waals surface area (Å²) in [6.07, 6.45) is -0.158. The standard InChI is InChI=1S/C19H23NO2/c1-19(22)14-20(13-15-8-4-2-5-9-15)17(12-18(19)21)16-10-6-3-7-11-16/h2-11,17-18,21-22H,12-14H2,1H3/t17-,18+,19-/m0/s1. The highest BCUT2D eigenvalue weighted by Crippen LogP contribution is 2.36. The monoisotopic (exact) mass is 297 g/mol. The number of hydrogen-bond acceptors (Lipinski definition) is 3. The molecule has 2 N–H and O–H groups in total. The number of aliphatic hydroxyl groups excluding tert-OH is 1. The summed E-state index contributed by atoms with van der Waals surface area (Å²) in [4.78, 5) is 2.26. The summed E-state index contributed by atoms with van der Waals surface area (Å²) in [6.45, 7) is 2.95. The molecule has 1 heterocycles. The van der Waals surface area contributed by atoms with Gasteiger partial charge in [0.05, 0.1) is 6.10 Å². The zero-order valence-corrected chi connectivity index (χ0v) is 12.9. The van der Waals surface area contributed by atoms with Crippen LogP contribution >= 0.6 is 0 Å². The molecule has 3 nitrogen and oxygen atoms in total. The minimum absolute atomic E-state index is 0.122. The SMILES string of the molecule is C[C@]1(O)CN(Cc2ccccc2)[C@H](c2ccccc2)C[C@H]1O. The Kier molecular flexibility index (Phi) is 4.30. The Morgan fingerprint density at radius 2 is 1.64 bits per heavy atom. The first kappa shape index (κ1) is 15.2. The van der Waals surface area contributed by atoms with Gasteiger partial charge in [-0.3, -0.25) is 4.90 Å². The van der Waals surface area contributed by atoms with Crippen LogP contribution in [0.25, 0.3) is 0 Å². The Morgan fingerprint density at radius 1 is 1.05 bits per heavy atom. The fourth-order valence-corrected chi connectivity index (χ4v) is 3.25. The van der Waals surface area contributed by atoms with Gasteiger partial charge in [0, 0.05) is 19.1 Å². The molecule has 0 spiro atoms. The van der Waals surface area contributed by atoms with Gasteiger partial charge in [0.1, 0.15) is 5.60 Å². The molecule has 0 saturated carbocycles. The summed E-state index contributed by atoms with van der Waals surface area (Å²) in [6, 6.07) is 20.6. The summed E-state index contributed by atoms with van der Waals surface area (Å²) >= 11 is 0. The van der Waals surface area contributed by atoms with Crippen molar-refractivity contribution >= 4 is 0 Å². The number of nitrogens with zero attached hydrogens (tertiary/aromatic N) is 1. The van der Waals surface area contributed by atoms with E-state index in [0.717, 1.165) is 6.54 Å². The van der Waals surface area contributed by atoms with Gasteiger partial charge < -0.3 is 10.2 Å². The highest BCUT2D eigenvalue weighted by atomic mass is 16.3. The lowest BCUT2D eigenvalue weighted by Gasteiger charge is -2.46. The fraction of sp³-hybridized carbons (Fsp3) is 0.368.